The number of hydrogen-bond acceptors (Lipinski definition) is 5. The Morgan fingerprint density at radius 3 is 2.87 bits per heavy atom. The highest BCUT2D eigenvalue weighted by Gasteiger charge is 2.30. The molecule has 3 rings (SSSR count). The van der Waals surface area contributed by atoms with Crippen molar-refractivity contribution in [3.63, 3.8) is 0 Å². The topological polar surface area (TPSA) is 58.7 Å². The molecular weight excluding hydrogens is 292 g/mol. The van der Waals surface area contributed by atoms with Gasteiger partial charge < -0.3 is 14.4 Å². The molecule has 0 saturated carbocycles. The Labute approximate surface area is 136 Å². The number of phenolic OH excluding ortho intramolecular Hbond substituents is 1. The fourth-order valence-corrected chi connectivity index (χ4v) is 3.09. The zero-order valence-corrected chi connectivity index (χ0v) is 14.0. The quantitative estimate of drug-likeness (QED) is 0.908. The highest BCUT2D eigenvalue weighted by molar-refractivity contribution is 5.39. The maximum Gasteiger partial charge on any atom is 0.154 e. The molecule has 0 aliphatic carbocycles. The summed E-state index contributed by atoms with van der Waals surface area (Å²) in [5.74, 6) is 2.24. The molecule has 23 heavy (non-hydrogen) atoms. The number of likely N-dealkylation sites (tertiary alicyclic amines) is 1. The molecule has 1 aromatic carbocycles. The van der Waals surface area contributed by atoms with E-state index in [1.54, 1.807) is 13.2 Å². The van der Waals surface area contributed by atoms with Crippen LogP contribution >= 0.6 is 0 Å². The molecule has 1 N–H and O–H groups in total. The number of nitrogens with zero attached hydrogens (tertiary/aromatic N) is 2. The molecule has 2 heterocycles. The highest BCUT2D eigenvalue weighted by atomic mass is 16.5. The van der Waals surface area contributed by atoms with Crippen LogP contribution in [0.4, 0.5) is 0 Å². The molecule has 1 aromatic heterocycles. The monoisotopic (exact) mass is 316 g/mol. The van der Waals surface area contributed by atoms with E-state index in [-0.39, 0.29) is 11.8 Å². The first-order chi connectivity index (χ1) is 11.1. The first kappa shape index (κ1) is 15.9. The van der Waals surface area contributed by atoms with E-state index in [0.29, 0.717) is 18.2 Å². The molecule has 0 bridgehead atoms. The van der Waals surface area contributed by atoms with Gasteiger partial charge in [-0.25, -0.2) is 0 Å². The van der Waals surface area contributed by atoms with Crippen molar-refractivity contribution >= 4 is 0 Å². The molecule has 1 aliphatic rings. The van der Waals surface area contributed by atoms with Crippen molar-refractivity contribution in [3.05, 3.63) is 41.3 Å². The molecule has 2 aromatic rings. The third-order valence-corrected chi connectivity index (χ3v) is 4.50. The second kappa shape index (κ2) is 6.62. The minimum atomic E-state index is 0.233. The molecule has 0 amide bonds. The van der Waals surface area contributed by atoms with Crippen LogP contribution in [0, 0.1) is 0 Å². The Morgan fingerprint density at radius 1 is 1.39 bits per heavy atom. The van der Waals surface area contributed by atoms with Crippen molar-refractivity contribution < 1.29 is 14.4 Å². The number of phenols is 1. The van der Waals surface area contributed by atoms with Gasteiger partial charge in [0.05, 0.1) is 18.8 Å². The number of aromatic nitrogens is 1. The maximum absolute atomic E-state index is 10.2. The SMILES string of the molecule is COc1ccc(CN2CCC[C@H]2c2cc(C(C)C)no2)c(O)c1. The van der Waals surface area contributed by atoms with E-state index in [9.17, 15) is 5.11 Å². The number of hydrogen-bond donors (Lipinski definition) is 1. The summed E-state index contributed by atoms with van der Waals surface area (Å²) >= 11 is 0. The molecule has 0 unspecified atom stereocenters. The van der Waals surface area contributed by atoms with Crippen molar-refractivity contribution in [1.82, 2.24) is 10.1 Å². The summed E-state index contributed by atoms with van der Waals surface area (Å²) in [6, 6.07) is 7.76. The van der Waals surface area contributed by atoms with Crippen molar-refractivity contribution in [2.45, 2.75) is 45.2 Å². The molecule has 1 atom stereocenters. The van der Waals surface area contributed by atoms with Gasteiger partial charge in [-0.05, 0) is 31.4 Å². The standard InChI is InChI=1S/C18H24N2O3/c1-12(2)15-10-18(23-19-15)16-5-4-8-20(16)11-13-6-7-14(22-3)9-17(13)21/h6-7,9-10,12,16,21H,4-5,8,11H2,1-3H3/t16-/m0/s1. The fourth-order valence-electron chi connectivity index (χ4n) is 3.09. The predicted octanol–water partition coefficient (Wildman–Crippen LogP) is 3.85. The molecular formula is C18H24N2O3. The minimum Gasteiger partial charge on any atom is -0.507 e. The second-order valence-corrected chi connectivity index (χ2v) is 6.43. The molecule has 0 radical (unpaired) electrons. The lowest BCUT2D eigenvalue weighted by molar-refractivity contribution is 0.204. The third kappa shape index (κ3) is 3.34. The Morgan fingerprint density at radius 2 is 2.22 bits per heavy atom. The summed E-state index contributed by atoms with van der Waals surface area (Å²) in [6.07, 6.45) is 2.18. The lowest BCUT2D eigenvalue weighted by Crippen LogP contribution is -2.22. The van der Waals surface area contributed by atoms with E-state index in [0.717, 1.165) is 36.4 Å². The summed E-state index contributed by atoms with van der Waals surface area (Å²) in [7, 11) is 1.60. The van der Waals surface area contributed by atoms with Gasteiger partial charge in [-0.1, -0.05) is 25.1 Å². The lowest BCUT2D eigenvalue weighted by atomic mass is 10.1. The second-order valence-electron chi connectivity index (χ2n) is 6.43. The Hall–Kier alpha value is -2.01. The van der Waals surface area contributed by atoms with Crippen molar-refractivity contribution in [3.8, 4) is 11.5 Å². The minimum absolute atomic E-state index is 0.233. The van der Waals surface area contributed by atoms with Crippen molar-refractivity contribution in [1.29, 1.82) is 0 Å². The van der Waals surface area contributed by atoms with Crippen molar-refractivity contribution in [2.75, 3.05) is 13.7 Å². The summed E-state index contributed by atoms with van der Waals surface area (Å²) in [5, 5.41) is 14.3. The number of aromatic hydroxyl groups is 1. The first-order valence-corrected chi connectivity index (χ1v) is 8.15. The molecule has 1 aliphatic heterocycles. The average molecular weight is 316 g/mol. The number of methoxy groups -OCH3 is 1. The third-order valence-electron chi connectivity index (χ3n) is 4.50. The lowest BCUT2D eigenvalue weighted by Gasteiger charge is -2.22. The molecule has 1 saturated heterocycles. The van der Waals surface area contributed by atoms with Crippen LogP contribution in [-0.2, 0) is 6.54 Å². The van der Waals surface area contributed by atoms with E-state index in [4.69, 9.17) is 9.26 Å². The molecule has 5 nitrogen and oxygen atoms in total. The van der Waals surface area contributed by atoms with Crippen LogP contribution in [-0.4, -0.2) is 28.8 Å². The number of benzene rings is 1. The van der Waals surface area contributed by atoms with Gasteiger partial charge in [-0.2, -0.15) is 0 Å². The number of ether oxygens (including phenoxy) is 1. The van der Waals surface area contributed by atoms with E-state index in [1.165, 1.54) is 0 Å². The van der Waals surface area contributed by atoms with E-state index in [2.05, 4.69) is 30.0 Å². The van der Waals surface area contributed by atoms with Crippen LogP contribution in [0.3, 0.4) is 0 Å². The van der Waals surface area contributed by atoms with Gasteiger partial charge in [-0.15, -0.1) is 0 Å². The summed E-state index contributed by atoms with van der Waals surface area (Å²) < 4.78 is 10.7. The molecule has 5 heteroatoms. The number of rotatable bonds is 5. The smallest absolute Gasteiger partial charge is 0.154 e. The summed E-state index contributed by atoms with van der Waals surface area (Å²) in [4.78, 5) is 2.34. The highest BCUT2D eigenvalue weighted by Crippen LogP contribution is 2.36. The molecule has 0 spiro atoms. The van der Waals surface area contributed by atoms with Crippen LogP contribution in [0.25, 0.3) is 0 Å². The molecule has 124 valence electrons. The van der Waals surface area contributed by atoms with E-state index >= 15 is 0 Å². The van der Waals surface area contributed by atoms with Crippen LogP contribution < -0.4 is 4.74 Å². The van der Waals surface area contributed by atoms with Gasteiger partial charge in [-0.3, -0.25) is 4.90 Å². The van der Waals surface area contributed by atoms with Gasteiger partial charge in [0.15, 0.2) is 5.76 Å². The molecule has 1 fully saturated rings. The Balaban J connectivity index is 1.76. The Bertz CT molecular complexity index is 666. The van der Waals surface area contributed by atoms with E-state index < -0.39 is 0 Å². The maximum atomic E-state index is 10.2. The van der Waals surface area contributed by atoms with Gasteiger partial charge in [0.2, 0.25) is 0 Å². The zero-order chi connectivity index (χ0) is 16.4. The largest absolute Gasteiger partial charge is 0.507 e. The van der Waals surface area contributed by atoms with Gasteiger partial charge in [0, 0.05) is 24.2 Å². The van der Waals surface area contributed by atoms with Crippen LogP contribution in [0.2, 0.25) is 0 Å². The normalized spacial score (nSPS) is 18.7. The van der Waals surface area contributed by atoms with E-state index in [1.807, 2.05) is 12.1 Å². The van der Waals surface area contributed by atoms with Gasteiger partial charge in [0.1, 0.15) is 11.5 Å². The fraction of sp³-hybridized carbons (Fsp3) is 0.500. The van der Waals surface area contributed by atoms with Gasteiger partial charge >= 0.3 is 0 Å². The summed E-state index contributed by atoms with van der Waals surface area (Å²) in [5.41, 5.74) is 1.90. The average Bonchev–Trinajstić information content (AvgIpc) is 3.17. The first-order valence-electron chi connectivity index (χ1n) is 8.15. The predicted molar refractivity (Wildman–Crippen MR) is 87.6 cm³/mol. The Kier molecular flexibility index (Phi) is 4.57. The van der Waals surface area contributed by atoms with Crippen LogP contribution in [0.15, 0.2) is 28.8 Å². The summed E-state index contributed by atoms with van der Waals surface area (Å²) in [6.45, 7) is 5.92. The van der Waals surface area contributed by atoms with Crippen LogP contribution in [0.5, 0.6) is 11.5 Å². The van der Waals surface area contributed by atoms with Crippen LogP contribution in [0.1, 0.15) is 55.7 Å². The zero-order valence-electron chi connectivity index (χ0n) is 14.0. The van der Waals surface area contributed by atoms with Crippen molar-refractivity contribution in [2.24, 2.45) is 0 Å². The van der Waals surface area contributed by atoms with Gasteiger partial charge in [0.25, 0.3) is 0 Å².